The van der Waals surface area contributed by atoms with Gasteiger partial charge in [-0.05, 0) is 67.0 Å². The van der Waals surface area contributed by atoms with E-state index >= 15 is 0 Å². The first-order valence-electron chi connectivity index (χ1n) is 7.23. The summed E-state index contributed by atoms with van der Waals surface area (Å²) in [5.74, 6) is 0.816. The Morgan fingerprint density at radius 2 is 1.85 bits per heavy atom. The van der Waals surface area contributed by atoms with Gasteiger partial charge < -0.3 is 10.5 Å². The molecular weight excluding hydrogens is 246 g/mol. The lowest BCUT2D eigenvalue weighted by molar-refractivity contribution is 0.305. The molecular formula is C18H21NO. The van der Waals surface area contributed by atoms with Crippen LogP contribution in [0.3, 0.4) is 0 Å². The fourth-order valence-electron chi connectivity index (χ4n) is 3.05. The summed E-state index contributed by atoms with van der Waals surface area (Å²) in [7, 11) is 0. The number of ether oxygens (including phenoxy) is 1. The van der Waals surface area contributed by atoms with Gasteiger partial charge in [-0.15, -0.1) is 0 Å². The first kappa shape index (κ1) is 13.0. The van der Waals surface area contributed by atoms with Crippen molar-refractivity contribution in [3.05, 3.63) is 58.1 Å². The van der Waals surface area contributed by atoms with Crippen molar-refractivity contribution in [2.45, 2.75) is 39.7 Å². The lowest BCUT2D eigenvalue weighted by Crippen LogP contribution is -2.02. The largest absolute Gasteiger partial charge is 0.486 e. The third-order valence-electron chi connectivity index (χ3n) is 3.99. The monoisotopic (exact) mass is 267 g/mol. The number of benzene rings is 2. The molecule has 0 saturated carbocycles. The summed E-state index contributed by atoms with van der Waals surface area (Å²) in [4.78, 5) is 0. The van der Waals surface area contributed by atoms with Crippen molar-refractivity contribution >= 4 is 5.69 Å². The maximum Gasteiger partial charge on any atom is 0.145 e. The topological polar surface area (TPSA) is 35.2 Å². The minimum absolute atomic E-state index is 0.585. The van der Waals surface area contributed by atoms with Crippen LogP contribution in [0.4, 0.5) is 5.69 Å². The highest BCUT2D eigenvalue weighted by Crippen LogP contribution is 2.29. The average molecular weight is 267 g/mol. The van der Waals surface area contributed by atoms with Crippen molar-refractivity contribution in [3.8, 4) is 5.75 Å². The van der Waals surface area contributed by atoms with Gasteiger partial charge in [0.25, 0.3) is 0 Å². The zero-order valence-corrected chi connectivity index (χ0v) is 12.2. The van der Waals surface area contributed by atoms with Crippen LogP contribution in [0.1, 0.15) is 34.2 Å². The van der Waals surface area contributed by atoms with Crippen LogP contribution in [0.2, 0.25) is 0 Å². The third kappa shape index (κ3) is 2.51. The fraction of sp³-hybridized carbons (Fsp3) is 0.333. The van der Waals surface area contributed by atoms with Crippen LogP contribution in [-0.4, -0.2) is 0 Å². The van der Waals surface area contributed by atoms with E-state index in [0.717, 1.165) is 17.0 Å². The SMILES string of the molecule is Cc1cc(C)c(OCc2ccc3c(c2)CCC3)c(N)c1. The summed E-state index contributed by atoms with van der Waals surface area (Å²) < 4.78 is 5.94. The Morgan fingerprint density at radius 3 is 2.65 bits per heavy atom. The van der Waals surface area contributed by atoms with Crippen molar-refractivity contribution < 1.29 is 4.74 Å². The molecule has 0 fully saturated rings. The number of nitrogen functional groups attached to an aromatic ring is 1. The van der Waals surface area contributed by atoms with Crippen molar-refractivity contribution in [2.24, 2.45) is 0 Å². The quantitative estimate of drug-likeness (QED) is 0.854. The van der Waals surface area contributed by atoms with Crippen molar-refractivity contribution in [3.63, 3.8) is 0 Å². The van der Waals surface area contributed by atoms with Gasteiger partial charge in [0.15, 0.2) is 0 Å². The number of rotatable bonds is 3. The maximum atomic E-state index is 6.05. The normalized spacial score (nSPS) is 13.3. The molecule has 0 aliphatic heterocycles. The highest BCUT2D eigenvalue weighted by Gasteiger charge is 2.11. The lowest BCUT2D eigenvalue weighted by atomic mass is 10.1. The van der Waals surface area contributed by atoms with Crippen LogP contribution < -0.4 is 10.5 Å². The zero-order valence-electron chi connectivity index (χ0n) is 12.2. The van der Waals surface area contributed by atoms with Crippen LogP contribution in [0.25, 0.3) is 0 Å². The van der Waals surface area contributed by atoms with Gasteiger partial charge in [0.2, 0.25) is 0 Å². The minimum Gasteiger partial charge on any atom is -0.486 e. The molecule has 0 spiro atoms. The van der Waals surface area contributed by atoms with Crippen molar-refractivity contribution in [2.75, 3.05) is 5.73 Å². The number of anilines is 1. The Hall–Kier alpha value is -1.96. The van der Waals surface area contributed by atoms with Crippen LogP contribution in [0.15, 0.2) is 30.3 Å². The van der Waals surface area contributed by atoms with Crippen LogP contribution >= 0.6 is 0 Å². The maximum absolute atomic E-state index is 6.05. The molecule has 2 aromatic carbocycles. The first-order valence-corrected chi connectivity index (χ1v) is 7.23. The van der Waals surface area contributed by atoms with E-state index in [4.69, 9.17) is 10.5 Å². The standard InChI is InChI=1S/C18H21NO/c1-12-8-13(2)18(17(19)9-12)20-11-14-6-7-15-4-3-5-16(15)10-14/h6-10H,3-5,11,19H2,1-2H3. The number of nitrogens with two attached hydrogens (primary N) is 1. The molecule has 2 nitrogen and oxygen atoms in total. The summed E-state index contributed by atoms with van der Waals surface area (Å²) in [5.41, 5.74) is 13.3. The summed E-state index contributed by atoms with van der Waals surface area (Å²) in [6, 6.07) is 10.8. The van der Waals surface area contributed by atoms with Crippen LogP contribution in [0, 0.1) is 13.8 Å². The predicted molar refractivity (Wildman–Crippen MR) is 83.1 cm³/mol. The van der Waals surface area contributed by atoms with Gasteiger partial charge in [-0.3, -0.25) is 0 Å². The van der Waals surface area contributed by atoms with Gasteiger partial charge in [0, 0.05) is 0 Å². The summed E-state index contributed by atoms with van der Waals surface area (Å²) in [5, 5.41) is 0. The number of hydrogen-bond donors (Lipinski definition) is 1. The molecule has 0 unspecified atom stereocenters. The van der Waals surface area contributed by atoms with E-state index in [0.29, 0.717) is 6.61 Å². The van der Waals surface area contributed by atoms with Gasteiger partial charge in [-0.25, -0.2) is 0 Å². The number of aryl methyl sites for hydroxylation is 4. The van der Waals surface area contributed by atoms with Gasteiger partial charge in [-0.1, -0.05) is 24.3 Å². The van der Waals surface area contributed by atoms with E-state index < -0.39 is 0 Å². The van der Waals surface area contributed by atoms with Crippen LogP contribution in [-0.2, 0) is 19.4 Å². The highest BCUT2D eigenvalue weighted by molar-refractivity contribution is 5.58. The van der Waals surface area contributed by atoms with Gasteiger partial charge in [-0.2, -0.15) is 0 Å². The Balaban J connectivity index is 1.77. The Bertz CT molecular complexity index is 623. The van der Waals surface area contributed by atoms with E-state index in [2.05, 4.69) is 24.3 Å². The molecule has 0 amide bonds. The van der Waals surface area contributed by atoms with E-state index in [-0.39, 0.29) is 0 Å². The van der Waals surface area contributed by atoms with E-state index in [9.17, 15) is 0 Å². The number of fused-ring (bicyclic) bond motifs is 1. The van der Waals surface area contributed by atoms with Crippen LogP contribution in [0.5, 0.6) is 5.75 Å². The Labute approximate surface area is 120 Å². The van der Waals surface area contributed by atoms with E-state index in [1.54, 1.807) is 0 Å². The second-order valence-electron chi connectivity index (χ2n) is 5.75. The molecule has 0 saturated heterocycles. The second kappa shape index (κ2) is 5.20. The molecule has 1 aliphatic rings. The molecule has 1 aliphatic carbocycles. The van der Waals surface area contributed by atoms with Gasteiger partial charge in [0.1, 0.15) is 12.4 Å². The average Bonchev–Trinajstić information content (AvgIpc) is 2.84. The second-order valence-corrected chi connectivity index (χ2v) is 5.75. The molecule has 20 heavy (non-hydrogen) atoms. The zero-order chi connectivity index (χ0) is 14.1. The fourth-order valence-corrected chi connectivity index (χ4v) is 3.05. The molecule has 0 atom stereocenters. The minimum atomic E-state index is 0.585. The molecule has 2 N–H and O–H groups in total. The van der Waals surface area contributed by atoms with Gasteiger partial charge in [0.05, 0.1) is 5.69 Å². The molecule has 2 heteroatoms. The summed E-state index contributed by atoms with van der Waals surface area (Å²) in [6.45, 7) is 4.68. The summed E-state index contributed by atoms with van der Waals surface area (Å²) >= 11 is 0. The first-order chi connectivity index (χ1) is 9.63. The Morgan fingerprint density at radius 1 is 1.05 bits per heavy atom. The lowest BCUT2D eigenvalue weighted by Gasteiger charge is -2.13. The van der Waals surface area contributed by atoms with Crippen molar-refractivity contribution in [1.29, 1.82) is 0 Å². The predicted octanol–water partition coefficient (Wildman–Crippen LogP) is 3.95. The van der Waals surface area contributed by atoms with Crippen molar-refractivity contribution in [1.82, 2.24) is 0 Å². The molecule has 0 bridgehead atoms. The third-order valence-corrected chi connectivity index (χ3v) is 3.99. The van der Waals surface area contributed by atoms with E-state index in [1.807, 2.05) is 19.9 Å². The molecule has 3 rings (SSSR count). The molecule has 0 heterocycles. The van der Waals surface area contributed by atoms with E-state index in [1.165, 1.54) is 41.5 Å². The van der Waals surface area contributed by atoms with Gasteiger partial charge >= 0.3 is 0 Å². The molecule has 104 valence electrons. The molecule has 0 aromatic heterocycles. The summed E-state index contributed by atoms with van der Waals surface area (Å²) in [6.07, 6.45) is 3.71. The number of hydrogen-bond acceptors (Lipinski definition) is 2. The Kier molecular flexibility index (Phi) is 3.39. The highest BCUT2D eigenvalue weighted by atomic mass is 16.5. The molecule has 0 radical (unpaired) electrons. The smallest absolute Gasteiger partial charge is 0.145 e. The molecule has 2 aromatic rings.